The molecular weight excluding hydrogens is 232 g/mol. The van der Waals surface area contributed by atoms with E-state index in [1.54, 1.807) is 17.4 Å². The van der Waals surface area contributed by atoms with Crippen LogP contribution in [0.1, 0.15) is 17.7 Å². The summed E-state index contributed by atoms with van der Waals surface area (Å²) in [6, 6.07) is 3.98. The Kier molecular flexibility index (Phi) is 4.76. The lowest BCUT2D eigenvalue weighted by Gasteiger charge is -2.07. The fourth-order valence-electron chi connectivity index (χ4n) is 1.96. The third kappa shape index (κ3) is 4.32. The van der Waals surface area contributed by atoms with Gasteiger partial charge >= 0.3 is 0 Å². The van der Waals surface area contributed by atoms with Crippen molar-refractivity contribution in [2.45, 2.75) is 12.8 Å². The van der Waals surface area contributed by atoms with Gasteiger partial charge in [0, 0.05) is 17.5 Å². The summed E-state index contributed by atoms with van der Waals surface area (Å²) in [5, 5.41) is 8.26. The summed E-state index contributed by atoms with van der Waals surface area (Å²) in [5.74, 6) is 0.737. The van der Waals surface area contributed by atoms with E-state index in [1.165, 1.54) is 6.42 Å². The lowest BCUT2D eigenvalue weighted by atomic mass is 10.1. The zero-order chi connectivity index (χ0) is 11.9. The number of amides is 1. The van der Waals surface area contributed by atoms with Crippen molar-refractivity contribution in [3.63, 3.8) is 0 Å². The molecule has 1 saturated heterocycles. The summed E-state index contributed by atoms with van der Waals surface area (Å²) < 4.78 is 0. The van der Waals surface area contributed by atoms with Crippen LogP contribution < -0.4 is 10.6 Å². The summed E-state index contributed by atoms with van der Waals surface area (Å²) in [4.78, 5) is 12.6. The van der Waals surface area contributed by atoms with Crippen molar-refractivity contribution in [1.29, 1.82) is 0 Å². The minimum Gasteiger partial charge on any atom is -0.353 e. The molecule has 0 bridgehead atoms. The second kappa shape index (κ2) is 6.57. The Balaban J connectivity index is 1.63. The van der Waals surface area contributed by atoms with E-state index in [-0.39, 0.29) is 5.91 Å². The average molecular weight is 250 g/mol. The molecule has 1 unspecified atom stereocenters. The van der Waals surface area contributed by atoms with Crippen LogP contribution in [0.2, 0.25) is 0 Å². The Bertz CT molecular complexity index is 367. The van der Waals surface area contributed by atoms with Crippen LogP contribution in [0.4, 0.5) is 0 Å². The molecule has 0 radical (unpaired) electrons. The van der Waals surface area contributed by atoms with Gasteiger partial charge in [-0.1, -0.05) is 6.07 Å². The third-order valence-electron chi connectivity index (χ3n) is 2.96. The molecule has 2 rings (SSSR count). The molecule has 2 heterocycles. The van der Waals surface area contributed by atoms with E-state index in [0.29, 0.717) is 0 Å². The monoisotopic (exact) mass is 250 g/mol. The van der Waals surface area contributed by atoms with E-state index in [1.807, 2.05) is 23.6 Å². The van der Waals surface area contributed by atoms with Crippen LogP contribution in [-0.4, -0.2) is 25.5 Å². The van der Waals surface area contributed by atoms with E-state index in [0.717, 1.165) is 36.9 Å². The van der Waals surface area contributed by atoms with Crippen LogP contribution in [0.3, 0.4) is 0 Å². The smallest absolute Gasteiger partial charge is 0.244 e. The van der Waals surface area contributed by atoms with E-state index < -0.39 is 0 Å². The zero-order valence-electron chi connectivity index (χ0n) is 9.82. The number of hydrogen-bond acceptors (Lipinski definition) is 3. The van der Waals surface area contributed by atoms with Crippen LogP contribution in [0, 0.1) is 5.92 Å². The SMILES string of the molecule is O=C(C=Cc1cccs1)NCCC1CCNC1. The highest BCUT2D eigenvalue weighted by Gasteiger charge is 2.13. The van der Waals surface area contributed by atoms with Crippen molar-refractivity contribution in [3.8, 4) is 0 Å². The van der Waals surface area contributed by atoms with E-state index in [2.05, 4.69) is 10.6 Å². The highest BCUT2D eigenvalue weighted by molar-refractivity contribution is 7.10. The predicted octanol–water partition coefficient (Wildman–Crippen LogP) is 1.88. The van der Waals surface area contributed by atoms with Gasteiger partial charge in [0.15, 0.2) is 0 Å². The highest BCUT2D eigenvalue weighted by atomic mass is 32.1. The minimum atomic E-state index is 0.00403. The maximum Gasteiger partial charge on any atom is 0.244 e. The van der Waals surface area contributed by atoms with Crippen LogP contribution >= 0.6 is 11.3 Å². The summed E-state index contributed by atoms with van der Waals surface area (Å²) in [5.41, 5.74) is 0. The van der Waals surface area contributed by atoms with Crippen LogP contribution in [-0.2, 0) is 4.79 Å². The Morgan fingerprint density at radius 3 is 3.29 bits per heavy atom. The van der Waals surface area contributed by atoms with Gasteiger partial charge in [0.2, 0.25) is 5.91 Å². The quantitative estimate of drug-likeness (QED) is 0.783. The topological polar surface area (TPSA) is 41.1 Å². The van der Waals surface area contributed by atoms with Crippen molar-refractivity contribution < 1.29 is 4.79 Å². The molecule has 4 heteroatoms. The molecule has 1 atom stereocenters. The fourth-order valence-corrected chi connectivity index (χ4v) is 2.58. The van der Waals surface area contributed by atoms with Gasteiger partial charge in [-0.2, -0.15) is 0 Å². The summed E-state index contributed by atoms with van der Waals surface area (Å²) in [6.45, 7) is 3.00. The van der Waals surface area contributed by atoms with Crippen LogP contribution in [0.15, 0.2) is 23.6 Å². The normalized spacial score (nSPS) is 19.9. The number of rotatable bonds is 5. The Labute approximate surface area is 106 Å². The molecule has 3 nitrogen and oxygen atoms in total. The Hall–Kier alpha value is -1.13. The number of carbonyl (C=O) groups is 1. The van der Waals surface area contributed by atoms with Crippen molar-refractivity contribution in [2.75, 3.05) is 19.6 Å². The Morgan fingerprint density at radius 1 is 1.65 bits per heavy atom. The first-order valence-electron chi connectivity index (χ1n) is 6.05. The first-order valence-corrected chi connectivity index (χ1v) is 6.93. The van der Waals surface area contributed by atoms with E-state index >= 15 is 0 Å². The van der Waals surface area contributed by atoms with Gasteiger partial charge in [0.25, 0.3) is 0 Å². The van der Waals surface area contributed by atoms with Gasteiger partial charge in [-0.25, -0.2) is 0 Å². The molecule has 2 N–H and O–H groups in total. The lowest BCUT2D eigenvalue weighted by molar-refractivity contribution is -0.116. The molecule has 1 amide bonds. The zero-order valence-corrected chi connectivity index (χ0v) is 10.6. The summed E-state index contributed by atoms with van der Waals surface area (Å²) in [7, 11) is 0. The second-order valence-electron chi connectivity index (χ2n) is 4.29. The molecule has 0 spiro atoms. The molecule has 92 valence electrons. The third-order valence-corrected chi connectivity index (χ3v) is 3.79. The van der Waals surface area contributed by atoms with E-state index in [4.69, 9.17) is 0 Å². The van der Waals surface area contributed by atoms with Crippen molar-refractivity contribution in [1.82, 2.24) is 10.6 Å². The fraction of sp³-hybridized carbons (Fsp3) is 0.462. The maximum absolute atomic E-state index is 11.5. The van der Waals surface area contributed by atoms with Gasteiger partial charge < -0.3 is 10.6 Å². The van der Waals surface area contributed by atoms with Gasteiger partial charge in [-0.05, 0) is 49.4 Å². The van der Waals surface area contributed by atoms with E-state index in [9.17, 15) is 4.79 Å². The molecule has 17 heavy (non-hydrogen) atoms. The lowest BCUT2D eigenvalue weighted by Crippen LogP contribution is -2.24. The maximum atomic E-state index is 11.5. The molecule has 1 aromatic rings. The van der Waals surface area contributed by atoms with Crippen molar-refractivity contribution >= 4 is 23.3 Å². The summed E-state index contributed by atoms with van der Waals surface area (Å²) >= 11 is 1.63. The van der Waals surface area contributed by atoms with Crippen molar-refractivity contribution in [2.24, 2.45) is 5.92 Å². The van der Waals surface area contributed by atoms with Gasteiger partial charge in [-0.15, -0.1) is 11.3 Å². The standard InChI is InChI=1S/C13H18N2OS/c16-13(4-3-12-2-1-9-17-12)15-8-6-11-5-7-14-10-11/h1-4,9,11,14H,5-8,10H2,(H,15,16). The number of thiophene rings is 1. The molecule has 1 fully saturated rings. The van der Waals surface area contributed by atoms with Gasteiger partial charge in [-0.3, -0.25) is 4.79 Å². The first kappa shape index (κ1) is 12.3. The largest absolute Gasteiger partial charge is 0.353 e. The molecule has 1 aromatic heterocycles. The number of carbonyl (C=O) groups excluding carboxylic acids is 1. The van der Waals surface area contributed by atoms with Gasteiger partial charge in [0.1, 0.15) is 0 Å². The Morgan fingerprint density at radius 2 is 2.59 bits per heavy atom. The van der Waals surface area contributed by atoms with Crippen molar-refractivity contribution in [3.05, 3.63) is 28.5 Å². The minimum absolute atomic E-state index is 0.00403. The first-order chi connectivity index (χ1) is 8.34. The molecular formula is C13H18N2OS. The number of nitrogens with one attached hydrogen (secondary N) is 2. The number of hydrogen-bond donors (Lipinski definition) is 2. The van der Waals surface area contributed by atoms with Crippen LogP contribution in [0.5, 0.6) is 0 Å². The second-order valence-corrected chi connectivity index (χ2v) is 5.27. The molecule has 1 aliphatic heterocycles. The molecule has 0 aromatic carbocycles. The highest BCUT2D eigenvalue weighted by Crippen LogP contribution is 2.11. The molecule has 0 aliphatic carbocycles. The molecule has 1 aliphatic rings. The summed E-state index contributed by atoms with van der Waals surface area (Å²) in [6.07, 6.45) is 5.78. The van der Waals surface area contributed by atoms with Crippen LogP contribution in [0.25, 0.3) is 6.08 Å². The van der Waals surface area contributed by atoms with Gasteiger partial charge in [0.05, 0.1) is 0 Å². The molecule has 0 saturated carbocycles. The predicted molar refractivity (Wildman–Crippen MR) is 72.0 cm³/mol. The average Bonchev–Trinajstić information content (AvgIpc) is 2.99.